The highest BCUT2D eigenvalue weighted by atomic mass is 35.5. The number of fused-ring (bicyclic) bond motifs is 3. The Hall–Kier alpha value is -2.50. The van der Waals surface area contributed by atoms with Crippen molar-refractivity contribution >= 4 is 59.2 Å². The molecule has 5 rings (SSSR count). The minimum absolute atomic E-state index is 0. The summed E-state index contributed by atoms with van der Waals surface area (Å²) in [4.78, 5) is 29.7. The molecule has 1 fully saturated rings. The van der Waals surface area contributed by atoms with Gasteiger partial charge in [0.25, 0.3) is 0 Å². The van der Waals surface area contributed by atoms with E-state index in [4.69, 9.17) is 16.7 Å². The number of amides is 1. The first-order valence-electron chi connectivity index (χ1n) is 12.1. The Balaban J connectivity index is 0.00000210. The molecule has 1 N–H and O–H groups in total. The number of halogens is 6. The zero-order chi connectivity index (χ0) is 26.3. The fraction of sp³-hybridized carbons (Fsp3) is 0.385. The smallest absolute Gasteiger partial charge is 0.317 e. The third-order valence-corrected chi connectivity index (χ3v) is 7.55. The summed E-state index contributed by atoms with van der Waals surface area (Å²) in [5, 5.41) is 9.07. The van der Waals surface area contributed by atoms with Crippen molar-refractivity contribution in [2.75, 3.05) is 45.8 Å². The van der Waals surface area contributed by atoms with Gasteiger partial charge >= 0.3 is 5.97 Å². The Morgan fingerprint density at radius 1 is 0.897 bits per heavy atom. The van der Waals surface area contributed by atoms with E-state index in [0.717, 1.165) is 11.6 Å². The van der Waals surface area contributed by atoms with Crippen LogP contribution in [0, 0.1) is 17.5 Å². The van der Waals surface area contributed by atoms with E-state index in [1.54, 1.807) is 15.5 Å². The Bertz CT molecular complexity index is 1380. The summed E-state index contributed by atoms with van der Waals surface area (Å²) in [6.07, 6.45) is 0.521. The second-order valence-electron chi connectivity index (χ2n) is 9.49. The largest absolute Gasteiger partial charge is 0.480 e. The summed E-state index contributed by atoms with van der Waals surface area (Å²) in [6.45, 7) is 3.15. The summed E-state index contributed by atoms with van der Waals surface area (Å²) >= 11 is 5.78. The van der Waals surface area contributed by atoms with Crippen LogP contribution in [0.5, 0.6) is 0 Å². The molecule has 2 aliphatic heterocycles. The van der Waals surface area contributed by atoms with Gasteiger partial charge in [0.1, 0.15) is 22.5 Å². The van der Waals surface area contributed by atoms with Crippen LogP contribution in [-0.2, 0) is 29.1 Å². The van der Waals surface area contributed by atoms with Crippen molar-refractivity contribution in [2.24, 2.45) is 0 Å². The van der Waals surface area contributed by atoms with Crippen LogP contribution in [-0.4, -0.2) is 82.1 Å². The zero-order valence-electron chi connectivity index (χ0n) is 20.8. The topological polar surface area (TPSA) is 69.0 Å². The van der Waals surface area contributed by atoms with E-state index in [0.29, 0.717) is 55.7 Å². The first kappa shape index (κ1) is 31.0. The second-order valence-corrected chi connectivity index (χ2v) is 9.87. The molecule has 3 heterocycles. The van der Waals surface area contributed by atoms with E-state index >= 15 is 4.39 Å². The Morgan fingerprint density at radius 2 is 1.56 bits per heavy atom. The highest BCUT2D eigenvalue weighted by Crippen LogP contribution is 2.34. The Labute approximate surface area is 240 Å². The molecular formula is C26H28Cl3F3N4O3. The lowest BCUT2D eigenvalue weighted by Gasteiger charge is -2.35. The molecule has 0 atom stereocenters. The number of carbonyl (C=O) groups excluding carboxylic acids is 1. The number of carboxylic acid groups (broad SMARTS) is 1. The van der Waals surface area contributed by atoms with E-state index in [9.17, 15) is 18.4 Å². The van der Waals surface area contributed by atoms with Crippen molar-refractivity contribution in [1.29, 1.82) is 0 Å². The molecule has 7 nitrogen and oxygen atoms in total. The van der Waals surface area contributed by atoms with Crippen LogP contribution in [0.1, 0.15) is 16.8 Å². The maximum atomic E-state index is 15.0. The Kier molecular flexibility index (Phi) is 10.2. The number of aromatic nitrogens is 1. The normalized spacial score (nSPS) is 15.9. The van der Waals surface area contributed by atoms with Gasteiger partial charge < -0.3 is 14.6 Å². The number of carboxylic acids is 1. The van der Waals surface area contributed by atoms with Gasteiger partial charge in [0.2, 0.25) is 5.91 Å². The number of carbonyl (C=O) groups is 2. The zero-order valence-corrected chi connectivity index (χ0v) is 23.2. The lowest BCUT2D eigenvalue weighted by Crippen LogP contribution is -2.51. The Morgan fingerprint density at radius 3 is 2.23 bits per heavy atom. The van der Waals surface area contributed by atoms with Crippen LogP contribution in [0.2, 0.25) is 5.02 Å². The van der Waals surface area contributed by atoms with Crippen LogP contribution >= 0.6 is 36.4 Å². The number of piperazine rings is 1. The van der Waals surface area contributed by atoms with Gasteiger partial charge in [-0.3, -0.25) is 19.4 Å². The van der Waals surface area contributed by atoms with E-state index in [1.165, 1.54) is 12.1 Å². The lowest BCUT2D eigenvalue weighted by atomic mass is 10.0. The van der Waals surface area contributed by atoms with Gasteiger partial charge in [-0.25, -0.2) is 13.2 Å². The first-order chi connectivity index (χ1) is 17.7. The van der Waals surface area contributed by atoms with Crippen LogP contribution in [0.4, 0.5) is 13.2 Å². The number of para-hydroxylation sites is 1. The van der Waals surface area contributed by atoms with E-state index in [1.807, 2.05) is 15.9 Å². The summed E-state index contributed by atoms with van der Waals surface area (Å²) in [5.41, 5.74) is 2.06. The molecule has 2 aliphatic rings. The maximum absolute atomic E-state index is 15.0. The van der Waals surface area contributed by atoms with Gasteiger partial charge in [0, 0.05) is 49.4 Å². The second kappa shape index (κ2) is 12.8. The van der Waals surface area contributed by atoms with Crippen molar-refractivity contribution in [1.82, 2.24) is 19.3 Å². The van der Waals surface area contributed by atoms with Crippen LogP contribution in [0.15, 0.2) is 30.3 Å². The minimum atomic E-state index is -0.889. The predicted molar refractivity (Wildman–Crippen MR) is 146 cm³/mol. The lowest BCUT2D eigenvalue weighted by molar-refractivity contribution is -0.139. The van der Waals surface area contributed by atoms with E-state index in [2.05, 4.69) is 0 Å². The molecule has 1 amide bonds. The molecule has 1 aromatic heterocycles. The molecule has 2 aromatic carbocycles. The first-order valence-corrected chi connectivity index (χ1v) is 12.5. The van der Waals surface area contributed by atoms with E-state index in [-0.39, 0.29) is 62.5 Å². The average molecular weight is 608 g/mol. The molecule has 0 aliphatic carbocycles. The molecule has 3 aromatic rings. The molecule has 0 bridgehead atoms. The highest BCUT2D eigenvalue weighted by Gasteiger charge is 2.30. The molecule has 13 heteroatoms. The number of aliphatic carboxylic acids is 1. The molecule has 212 valence electrons. The quantitative estimate of drug-likeness (QED) is 0.426. The van der Waals surface area contributed by atoms with Crippen molar-refractivity contribution in [2.45, 2.75) is 19.5 Å². The molecule has 1 saturated heterocycles. The number of hydrogen-bond donors (Lipinski definition) is 1. The fourth-order valence-electron chi connectivity index (χ4n) is 5.29. The number of benzene rings is 2. The monoisotopic (exact) mass is 606 g/mol. The van der Waals surface area contributed by atoms with E-state index < -0.39 is 28.4 Å². The average Bonchev–Trinajstić information content (AvgIpc) is 3.19. The van der Waals surface area contributed by atoms with Gasteiger partial charge in [0.15, 0.2) is 0 Å². The molecular weight excluding hydrogens is 580 g/mol. The third kappa shape index (κ3) is 6.30. The predicted octanol–water partition coefficient (Wildman–Crippen LogP) is 4.19. The standard InChI is InChI=1S/C26H26ClF3N4O3.2ClH/c27-24-19(28)5-4-16(25(24)30)12-34-21-13-33(7-6-17(21)18-2-1-3-20(29)26(18)34)22(35)14-31-8-10-32(11-9-31)15-23(36)37;;/h1-5H,6-15H2,(H,36,37);2*1H. The van der Waals surface area contributed by atoms with Crippen LogP contribution in [0.3, 0.4) is 0 Å². The van der Waals surface area contributed by atoms with Gasteiger partial charge in [-0.1, -0.05) is 29.8 Å². The van der Waals surface area contributed by atoms with Gasteiger partial charge in [-0.05, 0) is 24.1 Å². The maximum Gasteiger partial charge on any atom is 0.317 e. The van der Waals surface area contributed by atoms with Crippen molar-refractivity contribution in [3.63, 3.8) is 0 Å². The van der Waals surface area contributed by atoms with Crippen LogP contribution < -0.4 is 0 Å². The highest BCUT2D eigenvalue weighted by molar-refractivity contribution is 6.30. The van der Waals surface area contributed by atoms with Crippen molar-refractivity contribution in [3.8, 4) is 0 Å². The molecule has 0 unspecified atom stereocenters. The molecule has 0 radical (unpaired) electrons. The van der Waals surface area contributed by atoms with Gasteiger partial charge in [-0.15, -0.1) is 24.8 Å². The van der Waals surface area contributed by atoms with Crippen molar-refractivity contribution < 1.29 is 27.9 Å². The summed E-state index contributed by atoms with van der Waals surface area (Å²) in [6, 6.07) is 7.16. The third-order valence-electron chi connectivity index (χ3n) is 7.21. The minimum Gasteiger partial charge on any atom is -0.480 e. The van der Waals surface area contributed by atoms with Gasteiger partial charge in [0.05, 0.1) is 31.7 Å². The molecule has 0 saturated carbocycles. The summed E-state index contributed by atoms with van der Waals surface area (Å²) in [7, 11) is 0. The summed E-state index contributed by atoms with van der Waals surface area (Å²) < 4.78 is 45.2. The molecule has 39 heavy (non-hydrogen) atoms. The number of hydrogen-bond acceptors (Lipinski definition) is 4. The summed E-state index contributed by atoms with van der Waals surface area (Å²) in [5.74, 6) is -3.17. The van der Waals surface area contributed by atoms with Crippen molar-refractivity contribution in [3.05, 3.63) is 69.6 Å². The number of rotatable bonds is 6. The van der Waals surface area contributed by atoms with Crippen LogP contribution in [0.25, 0.3) is 10.9 Å². The van der Waals surface area contributed by atoms with Gasteiger partial charge in [-0.2, -0.15) is 0 Å². The number of nitrogens with zero attached hydrogens (tertiary/aromatic N) is 4. The fourth-order valence-corrected chi connectivity index (χ4v) is 5.47. The SMILES string of the molecule is Cl.Cl.O=C(O)CN1CCN(CC(=O)N2CCc3c(n(Cc4ccc(F)c(Cl)c4F)c4c(F)cccc34)C2)CC1. The molecule has 0 spiro atoms.